The van der Waals surface area contributed by atoms with Crippen molar-refractivity contribution in [2.75, 3.05) is 19.6 Å². The summed E-state index contributed by atoms with van der Waals surface area (Å²) >= 11 is 0. The molecule has 0 atom stereocenters. The van der Waals surface area contributed by atoms with E-state index in [1.54, 1.807) is 0 Å². The molecule has 27 nitrogen and oxygen atoms in total. The molecular weight excluding hydrogens is 938 g/mol. The van der Waals surface area contributed by atoms with Crippen molar-refractivity contribution in [2.24, 2.45) is 5.73 Å². The number of nitrogens with two attached hydrogens (primary N) is 1. The Hall–Kier alpha value is 1.08. The van der Waals surface area contributed by atoms with E-state index in [9.17, 15) is 36.5 Å². The highest BCUT2D eigenvalue weighted by molar-refractivity contribution is 7.73. The summed E-state index contributed by atoms with van der Waals surface area (Å²) in [4.78, 5) is 145. The van der Waals surface area contributed by atoms with Crippen LogP contribution >= 0.6 is 60.8 Å². The Labute approximate surface area is 330 Å². The van der Waals surface area contributed by atoms with Crippen molar-refractivity contribution >= 4 is 60.8 Å². The first-order valence-electron chi connectivity index (χ1n) is 16.9. The monoisotopic (exact) mass is 999 g/mol. The van der Waals surface area contributed by atoms with E-state index >= 15 is 0 Å². The molecule has 348 valence electrons. The normalized spacial score (nSPS) is 14.1. The second-order valence-electron chi connectivity index (χ2n) is 12.5. The molecule has 18 N–H and O–H groups in total. The molecule has 0 aliphatic heterocycles. The Morgan fingerprint density at radius 1 is 0.333 bits per heavy atom. The van der Waals surface area contributed by atoms with Crippen LogP contribution in [0.4, 0.5) is 0 Å². The van der Waals surface area contributed by atoms with E-state index in [1.807, 2.05) is 0 Å². The predicted octanol–water partition coefficient (Wildman–Crippen LogP) is 1.82. The van der Waals surface area contributed by atoms with Gasteiger partial charge in [-0.3, -0.25) is 46.3 Å². The maximum absolute atomic E-state index is 11.3. The Morgan fingerprint density at radius 3 is 0.649 bits per heavy atom. The van der Waals surface area contributed by atoms with E-state index in [0.29, 0.717) is 0 Å². The summed E-state index contributed by atoms with van der Waals surface area (Å²) < 4.78 is 90.5. The summed E-state index contributed by atoms with van der Waals surface area (Å²) in [5.74, 6) is 0. The van der Waals surface area contributed by atoms with E-state index in [4.69, 9.17) is 84.0 Å². The zero-order valence-corrected chi connectivity index (χ0v) is 38.5. The lowest BCUT2D eigenvalue weighted by Crippen LogP contribution is -2.43. The van der Waals surface area contributed by atoms with Crippen molar-refractivity contribution in [3.05, 3.63) is 0 Å². The number of rotatable bonds is 26. The van der Waals surface area contributed by atoms with Crippen LogP contribution in [0, 0.1) is 0 Å². The first-order chi connectivity index (χ1) is 25.3. The lowest BCUT2D eigenvalue weighted by molar-refractivity contribution is 0.197. The van der Waals surface area contributed by atoms with E-state index in [-0.39, 0.29) is 22.6 Å². The third-order valence-corrected chi connectivity index (χ3v) is 21.5. The van der Waals surface area contributed by atoms with Crippen molar-refractivity contribution in [1.29, 1.82) is 0 Å². The maximum Gasteiger partial charge on any atom is 0.355 e. The molecule has 0 unspecified atom stereocenters. The fraction of sp³-hybridized carbons (Fsp3) is 1.00. The molecule has 0 saturated heterocycles. The first-order valence-corrected chi connectivity index (χ1v) is 30.4. The fourth-order valence-electron chi connectivity index (χ4n) is 5.18. The second kappa shape index (κ2) is 26.6. The molecule has 0 aromatic rings. The minimum Gasteiger partial charge on any atom is -0.330 e. The van der Waals surface area contributed by atoms with Crippen LogP contribution in [0.15, 0.2) is 0 Å². The molecule has 0 amide bonds. The molecule has 0 aromatic carbocycles. The van der Waals surface area contributed by atoms with Gasteiger partial charge in [0.15, 0.2) is 0 Å². The molecule has 0 aromatic heterocycles. The van der Waals surface area contributed by atoms with Crippen molar-refractivity contribution in [3.8, 4) is 0 Å². The summed E-state index contributed by atoms with van der Waals surface area (Å²) in [7, 11) is -45.6. The van der Waals surface area contributed by atoms with Crippen LogP contribution in [-0.4, -0.2) is 130 Å². The van der Waals surface area contributed by atoms with Crippen molar-refractivity contribution in [3.63, 3.8) is 0 Å². The van der Waals surface area contributed by atoms with Crippen LogP contribution in [0.25, 0.3) is 0 Å². The number of hydrogen-bond acceptors (Lipinski definition) is 11. The molecular formula is C22H61N3O24P8. The van der Waals surface area contributed by atoms with Gasteiger partial charge in [0.1, 0.15) is 0 Å². The third kappa shape index (κ3) is 26.3. The molecule has 0 spiro atoms. The topological polar surface area (TPSA) is 493 Å². The molecule has 0 saturated carbocycles. The molecule has 0 bridgehead atoms. The number of unbranched alkanes of at least 4 members (excludes halogenated alkanes) is 9. The SMILES string of the molecule is CCCCCCCCCCCCN.CCCN(C(P(=O)(O)O)P(=O)(O)O)C(P(=O)(O)O)P(=O)(O)O.CCCN(C(P(=O)(O)O)P(=O)(O)O)C(P(=O)(O)O)P(=O)(O)O. The van der Waals surface area contributed by atoms with Crippen molar-refractivity contribution < 1.29 is 115 Å². The Kier molecular flexibility index (Phi) is 29.2. The van der Waals surface area contributed by atoms with Gasteiger partial charge in [-0.2, -0.15) is 0 Å². The van der Waals surface area contributed by atoms with Crippen LogP contribution in [0.3, 0.4) is 0 Å². The molecule has 0 fully saturated rings. The van der Waals surface area contributed by atoms with E-state index in [1.165, 1.54) is 78.1 Å². The molecule has 0 aliphatic rings. The average Bonchev–Trinajstić information content (AvgIpc) is 2.91. The third-order valence-electron chi connectivity index (χ3n) is 7.11. The van der Waals surface area contributed by atoms with Gasteiger partial charge >= 0.3 is 60.8 Å². The molecule has 0 radical (unpaired) electrons. The summed E-state index contributed by atoms with van der Waals surface area (Å²) in [5.41, 5.74) is -6.95. The molecule has 35 heteroatoms. The average molecular weight is 1000 g/mol. The second-order valence-corrected chi connectivity index (χ2v) is 27.5. The maximum atomic E-state index is 11.3. The van der Waals surface area contributed by atoms with Crippen molar-refractivity contribution in [1.82, 2.24) is 9.80 Å². The van der Waals surface area contributed by atoms with Gasteiger partial charge in [0.05, 0.1) is 0 Å². The van der Waals surface area contributed by atoms with E-state index in [2.05, 4.69) is 6.92 Å². The van der Waals surface area contributed by atoms with Gasteiger partial charge in [-0.05, 0) is 25.8 Å². The standard InChI is InChI=1S/C12H27N.2C5H17NO12P4/c1-2-3-4-5-6-7-8-9-10-11-12-13;2*1-2-3-6(4(19(7,8)9)20(10,11)12)5(21(13,14)15)22(16,17)18/h2-13H2,1H3;2*4-5H,2-3H2,1H3,(H2,7,8,9)(H2,10,11,12)(H2,13,14,15)(H2,16,17,18). The van der Waals surface area contributed by atoms with Crippen molar-refractivity contribution in [2.45, 2.75) is 120 Å². The molecule has 0 aliphatic carbocycles. The summed E-state index contributed by atoms with van der Waals surface area (Å²) in [5, 5.41) is 0. The molecule has 0 rings (SSSR count). The van der Waals surface area contributed by atoms with Crippen LogP contribution in [0.1, 0.15) is 97.8 Å². The van der Waals surface area contributed by atoms with Crippen LogP contribution in [0.5, 0.6) is 0 Å². The fourth-order valence-corrected chi connectivity index (χ4v) is 17.4. The Morgan fingerprint density at radius 2 is 0.509 bits per heavy atom. The highest BCUT2D eigenvalue weighted by Crippen LogP contribution is 2.70. The Bertz CT molecular complexity index is 1240. The lowest BCUT2D eigenvalue weighted by atomic mass is 10.1. The largest absolute Gasteiger partial charge is 0.355 e. The number of hydrogen-bond donors (Lipinski definition) is 17. The van der Waals surface area contributed by atoms with Crippen LogP contribution in [0.2, 0.25) is 0 Å². The van der Waals surface area contributed by atoms with Gasteiger partial charge in [-0.25, -0.2) is 0 Å². The van der Waals surface area contributed by atoms with Gasteiger partial charge in [-0.1, -0.05) is 78.6 Å². The highest BCUT2D eigenvalue weighted by Gasteiger charge is 2.59. The van der Waals surface area contributed by atoms with Gasteiger partial charge in [0.25, 0.3) is 0 Å². The predicted molar refractivity (Wildman–Crippen MR) is 206 cm³/mol. The van der Waals surface area contributed by atoms with E-state index < -0.39 is 96.0 Å². The van der Waals surface area contributed by atoms with Crippen LogP contribution in [-0.2, 0) is 36.5 Å². The zero-order valence-electron chi connectivity index (χ0n) is 31.4. The van der Waals surface area contributed by atoms with Crippen LogP contribution < -0.4 is 5.73 Å². The minimum atomic E-state index is -5.70. The summed E-state index contributed by atoms with van der Waals surface area (Å²) in [6.07, 6.45) is 13.6. The smallest absolute Gasteiger partial charge is 0.330 e. The molecule has 0 heterocycles. The van der Waals surface area contributed by atoms with Gasteiger partial charge in [0.2, 0.25) is 22.1 Å². The molecule has 57 heavy (non-hydrogen) atoms. The summed E-state index contributed by atoms with van der Waals surface area (Å²) in [6, 6.07) is 0. The minimum absolute atomic E-state index is 0.160. The lowest BCUT2D eigenvalue weighted by Gasteiger charge is -2.37. The number of nitrogens with zero attached hydrogens (tertiary/aromatic N) is 2. The van der Waals surface area contributed by atoms with Gasteiger partial charge < -0.3 is 84.0 Å². The Balaban J connectivity index is -0.000000795. The van der Waals surface area contributed by atoms with Gasteiger partial charge in [-0.15, -0.1) is 0 Å². The highest BCUT2D eigenvalue weighted by atomic mass is 31.3. The van der Waals surface area contributed by atoms with Gasteiger partial charge in [0, 0.05) is 13.1 Å². The quantitative estimate of drug-likeness (QED) is 0.0434. The summed E-state index contributed by atoms with van der Waals surface area (Å²) in [6.45, 7) is 4.17. The zero-order chi connectivity index (χ0) is 46.1. The first kappa shape index (κ1) is 62.4. The van der Waals surface area contributed by atoms with E-state index in [0.717, 1.165) is 6.54 Å².